The topological polar surface area (TPSA) is 106 Å². The fourth-order valence-corrected chi connectivity index (χ4v) is 3.21. The quantitative estimate of drug-likeness (QED) is 0.216. The van der Waals surface area contributed by atoms with Crippen molar-refractivity contribution in [1.82, 2.24) is 10.7 Å². The maximum Gasteiger partial charge on any atom is 0.353 e. The molecule has 0 spiro atoms. The van der Waals surface area contributed by atoms with Gasteiger partial charge in [0.25, 0.3) is 11.8 Å². The van der Waals surface area contributed by atoms with Gasteiger partial charge in [-0.15, -0.1) is 11.3 Å². The van der Waals surface area contributed by atoms with E-state index in [4.69, 9.17) is 9.47 Å². The summed E-state index contributed by atoms with van der Waals surface area (Å²) >= 11 is 1.27. The van der Waals surface area contributed by atoms with Crippen molar-refractivity contribution in [2.24, 2.45) is 5.10 Å². The van der Waals surface area contributed by atoms with Gasteiger partial charge in [-0.05, 0) is 60.3 Å². The predicted octanol–water partition coefficient (Wildman–Crippen LogP) is 3.39. The third-order valence-electron chi connectivity index (χ3n) is 4.09. The molecule has 0 saturated carbocycles. The van der Waals surface area contributed by atoms with Crippen molar-refractivity contribution in [3.05, 3.63) is 81.8 Å². The van der Waals surface area contributed by atoms with Gasteiger partial charge in [-0.1, -0.05) is 12.1 Å². The van der Waals surface area contributed by atoms with Crippen molar-refractivity contribution in [1.29, 1.82) is 0 Å². The van der Waals surface area contributed by atoms with Crippen LogP contribution >= 0.6 is 11.3 Å². The van der Waals surface area contributed by atoms with Crippen molar-refractivity contribution < 1.29 is 28.2 Å². The molecule has 0 radical (unpaired) electrons. The predicted molar refractivity (Wildman–Crippen MR) is 121 cm³/mol. The highest BCUT2D eigenvalue weighted by atomic mass is 32.1. The molecule has 2 amide bonds. The lowest BCUT2D eigenvalue weighted by atomic mass is 10.2. The average Bonchev–Trinajstić information content (AvgIpc) is 3.34. The van der Waals surface area contributed by atoms with Crippen LogP contribution in [-0.2, 0) is 4.79 Å². The Balaban J connectivity index is 1.55. The van der Waals surface area contributed by atoms with E-state index in [1.807, 2.05) is 0 Å². The Morgan fingerprint density at radius 3 is 2.67 bits per heavy atom. The molecule has 1 aromatic heterocycles. The number of rotatable bonds is 9. The lowest BCUT2D eigenvalue weighted by Crippen LogP contribution is -2.34. The molecule has 0 saturated heterocycles. The fourth-order valence-electron chi connectivity index (χ4n) is 2.61. The maximum atomic E-state index is 13.2. The maximum absolute atomic E-state index is 13.2. The molecule has 3 rings (SSSR count). The van der Waals surface area contributed by atoms with Crippen LogP contribution in [0.3, 0.4) is 0 Å². The molecule has 2 N–H and O–H groups in total. The van der Waals surface area contributed by atoms with Crippen LogP contribution in [0.15, 0.2) is 65.1 Å². The summed E-state index contributed by atoms with van der Waals surface area (Å²) in [6.45, 7) is 1.81. The zero-order chi connectivity index (χ0) is 23.6. The average molecular weight is 469 g/mol. The first kappa shape index (κ1) is 23.6. The standard InChI is InChI=1S/C23H20FN3O5S/c1-2-31-19-11-15(8-9-18(19)32-23(30)20-7-4-10-33-20)13-26-27-21(28)14-25-22(29)16-5-3-6-17(24)12-16/h3-13H,2,14H2,1H3,(H,25,29)(H,27,28). The van der Waals surface area contributed by atoms with E-state index < -0.39 is 23.6 Å². The molecular weight excluding hydrogens is 449 g/mol. The highest BCUT2D eigenvalue weighted by Gasteiger charge is 2.14. The number of hydrogen-bond donors (Lipinski definition) is 2. The Hall–Kier alpha value is -4.05. The van der Waals surface area contributed by atoms with Crippen LogP contribution in [-0.4, -0.2) is 37.1 Å². The molecule has 0 unspecified atom stereocenters. The van der Waals surface area contributed by atoms with Crippen molar-refractivity contribution in [3.8, 4) is 11.5 Å². The number of hydrazone groups is 1. The van der Waals surface area contributed by atoms with Crippen LogP contribution in [0.4, 0.5) is 4.39 Å². The molecule has 0 atom stereocenters. The number of amides is 2. The van der Waals surface area contributed by atoms with Crippen LogP contribution in [0.5, 0.6) is 11.5 Å². The summed E-state index contributed by atoms with van der Waals surface area (Å²) in [4.78, 5) is 36.5. The molecule has 0 fully saturated rings. The van der Waals surface area contributed by atoms with Gasteiger partial charge in [0.1, 0.15) is 10.7 Å². The van der Waals surface area contributed by atoms with Crippen LogP contribution in [0, 0.1) is 5.82 Å². The van der Waals surface area contributed by atoms with Gasteiger partial charge < -0.3 is 14.8 Å². The third-order valence-corrected chi connectivity index (χ3v) is 4.94. The van der Waals surface area contributed by atoms with E-state index in [1.54, 1.807) is 42.6 Å². The molecule has 2 aromatic carbocycles. The summed E-state index contributed by atoms with van der Waals surface area (Å²) in [5, 5.41) is 8.00. The van der Waals surface area contributed by atoms with Crippen LogP contribution in [0.1, 0.15) is 32.5 Å². The van der Waals surface area contributed by atoms with Crippen molar-refractivity contribution in [2.75, 3.05) is 13.2 Å². The molecule has 8 nitrogen and oxygen atoms in total. The van der Waals surface area contributed by atoms with E-state index in [0.29, 0.717) is 22.8 Å². The van der Waals surface area contributed by atoms with Gasteiger partial charge in [0.2, 0.25) is 0 Å². The summed E-state index contributed by atoms with van der Waals surface area (Å²) in [6.07, 6.45) is 1.37. The fraction of sp³-hybridized carbons (Fsp3) is 0.130. The zero-order valence-corrected chi connectivity index (χ0v) is 18.4. The number of hydrogen-bond acceptors (Lipinski definition) is 7. The number of carbonyl (C=O) groups is 3. The number of nitrogens with zero attached hydrogens (tertiary/aromatic N) is 1. The van der Waals surface area contributed by atoms with E-state index in [1.165, 1.54) is 35.8 Å². The van der Waals surface area contributed by atoms with Crippen molar-refractivity contribution in [2.45, 2.75) is 6.92 Å². The molecule has 1 heterocycles. The first-order chi connectivity index (χ1) is 16.0. The number of esters is 1. The minimum Gasteiger partial charge on any atom is -0.490 e. The minimum atomic E-state index is -0.581. The monoisotopic (exact) mass is 469 g/mol. The summed E-state index contributed by atoms with van der Waals surface area (Å²) in [5.74, 6) is -1.57. The Morgan fingerprint density at radius 1 is 1.09 bits per heavy atom. The van der Waals surface area contributed by atoms with Crippen LogP contribution < -0.4 is 20.2 Å². The molecule has 3 aromatic rings. The lowest BCUT2D eigenvalue weighted by molar-refractivity contribution is -0.120. The SMILES string of the molecule is CCOc1cc(C=NNC(=O)CNC(=O)c2cccc(F)c2)ccc1OC(=O)c1cccs1. The van der Waals surface area contributed by atoms with Gasteiger partial charge in [-0.3, -0.25) is 9.59 Å². The first-order valence-electron chi connectivity index (χ1n) is 9.84. The van der Waals surface area contributed by atoms with E-state index in [9.17, 15) is 18.8 Å². The summed E-state index contributed by atoms with van der Waals surface area (Å²) in [6, 6.07) is 13.4. The summed E-state index contributed by atoms with van der Waals surface area (Å²) in [5.41, 5.74) is 2.97. The number of thiophene rings is 1. The Kier molecular flexibility index (Phi) is 8.25. The lowest BCUT2D eigenvalue weighted by Gasteiger charge is -2.10. The second kappa shape index (κ2) is 11.5. The molecule has 170 valence electrons. The third kappa shape index (κ3) is 6.97. The van der Waals surface area contributed by atoms with E-state index in [0.717, 1.165) is 6.07 Å². The van der Waals surface area contributed by atoms with Crippen molar-refractivity contribution >= 4 is 35.3 Å². The van der Waals surface area contributed by atoms with Gasteiger partial charge in [-0.25, -0.2) is 14.6 Å². The number of halogens is 1. The number of ether oxygens (including phenoxy) is 2. The normalized spacial score (nSPS) is 10.6. The second-order valence-electron chi connectivity index (χ2n) is 6.49. The summed E-state index contributed by atoms with van der Waals surface area (Å²) < 4.78 is 24.1. The van der Waals surface area contributed by atoms with E-state index >= 15 is 0 Å². The molecule has 0 bridgehead atoms. The Labute approximate surface area is 193 Å². The van der Waals surface area contributed by atoms with E-state index in [-0.39, 0.29) is 17.9 Å². The molecular formula is C23H20FN3O5S. The highest BCUT2D eigenvalue weighted by Crippen LogP contribution is 2.29. The molecule has 0 aliphatic heterocycles. The minimum absolute atomic E-state index is 0.106. The largest absolute Gasteiger partial charge is 0.490 e. The van der Waals surface area contributed by atoms with Gasteiger partial charge in [-0.2, -0.15) is 5.10 Å². The van der Waals surface area contributed by atoms with Gasteiger partial charge in [0.15, 0.2) is 11.5 Å². The Bertz CT molecular complexity index is 1160. The van der Waals surface area contributed by atoms with Gasteiger partial charge in [0, 0.05) is 5.56 Å². The Morgan fingerprint density at radius 2 is 1.94 bits per heavy atom. The molecule has 0 aliphatic rings. The summed E-state index contributed by atoms with van der Waals surface area (Å²) in [7, 11) is 0. The number of benzene rings is 2. The van der Waals surface area contributed by atoms with Gasteiger partial charge >= 0.3 is 5.97 Å². The molecule has 0 aliphatic carbocycles. The van der Waals surface area contributed by atoms with Crippen LogP contribution in [0.2, 0.25) is 0 Å². The number of nitrogens with one attached hydrogen (secondary N) is 2. The van der Waals surface area contributed by atoms with E-state index in [2.05, 4.69) is 15.8 Å². The first-order valence-corrected chi connectivity index (χ1v) is 10.7. The molecule has 10 heteroatoms. The zero-order valence-electron chi connectivity index (χ0n) is 17.5. The van der Waals surface area contributed by atoms with Crippen LogP contribution in [0.25, 0.3) is 0 Å². The smallest absolute Gasteiger partial charge is 0.353 e. The second-order valence-corrected chi connectivity index (χ2v) is 7.44. The highest BCUT2D eigenvalue weighted by molar-refractivity contribution is 7.12. The number of carbonyl (C=O) groups excluding carboxylic acids is 3. The molecule has 33 heavy (non-hydrogen) atoms. The van der Waals surface area contributed by atoms with Gasteiger partial charge in [0.05, 0.1) is 19.4 Å². The van der Waals surface area contributed by atoms with Crippen molar-refractivity contribution in [3.63, 3.8) is 0 Å².